The van der Waals surface area contributed by atoms with Gasteiger partial charge in [0, 0.05) is 22.6 Å². The molecule has 17 heteroatoms. The fraction of sp³-hybridized carbons (Fsp3) is 0.536. The molecule has 15 nitrogen and oxygen atoms in total. The van der Waals surface area contributed by atoms with Crippen LogP contribution in [0.5, 0.6) is 0 Å². The first-order chi connectivity index (χ1) is 21.1. The molecule has 5 aliphatic rings. The van der Waals surface area contributed by atoms with Crippen molar-refractivity contribution in [2.24, 2.45) is 0 Å². The van der Waals surface area contributed by atoms with Crippen LogP contribution in [0.4, 0.5) is 9.59 Å². The largest absolute Gasteiger partial charge is 0.480 e. The fourth-order valence-electron chi connectivity index (χ4n) is 6.60. The van der Waals surface area contributed by atoms with E-state index in [-0.39, 0.29) is 13.1 Å². The van der Waals surface area contributed by atoms with Crippen molar-refractivity contribution < 1.29 is 38.7 Å². The molecule has 1 unspecified atom stereocenters. The van der Waals surface area contributed by atoms with Crippen molar-refractivity contribution in [3.63, 3.8) is 0 Å². The van der Waals surface area contributed by atoms with Gasteiger partial charge in [0.25, 0.3) is 0 Å². The molecule has 0 spiro atoms. The molecule has 0 saturated carbocycles. The first-order valence-electron chi connectivity index (χ1n) is 14.4. The summed E-state index contributed by atoms with van der Waals surface area (Å²) in [6.07, 6.45) is 0. The lowest BCUT2D eigenvalue weighted by atomic mass is 9.93. The van der Waals surface area contributed by atoms with Crippen molar-refractivity contribution in [1.82, 2.24) is 36.0 Å². The van der Waals surface area contributed by atoms with Crippen LogP contribution in [-0.4, -0.2) is 119 Å². The minimum Gasteiger partial charge on any atom is -0.480 e. The second-order valence-corrected chi connectivity index (χ2v) is 16.0. The topological polar surface area (TPSA) is 198 Å². The highest BCUT2D eigenvalue weighted by Gasteiger charge is 2.67. The molecule has 0 aliphatic carbocycles. The molecule has 5 N–H and O–H groups in total. The number of fused-ring (bicyclic) bond motifs is 2. The lowest BCUT2D eigenvalue weighted by Gasteiger charge is -2.46. The molecule has 0 radical (unpaired) electrons. The van der Waals surface area contributed by atoms with Gasteiger partial charge in [0.2, 0.25) is 23.6 Å². The van der Waals surface area contributed by atoms with E-state index in [2.05, 4.69) is 21.3 Å². The molecular formula is C28H33N7O8S2. The number of urea groups is 2. The molecule has 7 atom stereocenters. The maximum absolute atomic E-state index is 13.6. The number of carboxylic acid groups (broad SMARTS) is 1. The Kier molecular flexibility index (Phi) is 7.46. The number of carbonyl (C=O) groups excluding carboxylic acids is 6. The zero-order valence-electron chi connectivity index (χ0n) is 24.8. The van der Waals surface area contributed by atoms with E-state index in [0.717, 1.165) is 4.90 Å². The van der Waals surface area contributed by atoms with E-state index in [1.165, 1.54) is 33.3 Å². The first-order valence-corrected chi connectivity index (χ1v) is 16.1. The number of nitrogens with one attached hydrogen (secondary N) is 4. The summed E-state index contributed by atoms with van der Waals surface area (Å²) in [6, 6.07) is 1.99. The standard InChI is InChI=1S/C28H33N7O8S2/c1-27(2)16(19(37)31-15-21(39)35-17(24(40)41)28(3,4)45-23(15)35)34-20(38)14(22(34)44-27)30-18(36)13(12-8-6-5-7-9-12)32-26(43)33-11-10-29-25(33)42/h5-9,13-17,22-23H,10-11H2,1-4H3,(H,29,42)(H,30,36)(H,31,37)(H,32,43)(H,40,41)/t13?,14-,15-,16+,17+,22-,23-/m1/s1. The Balaban J connectivity index is 1.14. The molecule has 6 rings (SSSR count). The molecule has 45 heavy (non-hydrogen) atoms. The van der Waals surface area contributed by atoms with E-state index in [0.29, 0.717) is 5.56 Å². The van der Waals surface area contributed by atoms with Gasteiger partial charge in [0.15, 0.2) is 0 Å². The van der Waals surface area contributed by atoms with Crippen LogP contribution in [0, 0.1) is 0 Å². The fourth-order valence-corrected chi connectivity index (χ4v) is 9.85. The van der Waals surface area contributed by atoms with Gasteiger partial charge in [-0.25, -0.2) is 19.3 Å². The molecular weight excluding hydrogens is 626 g/mol. The van der Waals surface area contributed by atoms with Gasteiger partial charge in [-0.05, 0) is 33.3 Å². The number of carboxylic acids is 1. The normalized spacial score (nSPS) is 31.2. The first kappa shape index (κ1) is 31.0. The molecule has 8 amide bonds. The lowest BCUT2D eigenvalue weighted by molar-refractivity contribution is -0.162. The van der Waals surface area contributed by atoms with E-state index in [1.54, 1.807) is 58.0 Å². The Labute approximate surface area is 266 Å². The van der Waals surface area contributed by atoms with Gasteiger partial charge in [-0.3, -0.25) is 19.2 Å². The number of imide groups is 1. The summed E-state index contributed by atoms with van der Waals surface area (Å²) in [4.78, 5) is 93.9. The summed E-state index contributed by atoms with van der Waals surface area (Å²) < 4.78 is -1.55. The number of thioether (sulfide) groups is 2. The summed E-state index contributed by atoms with van der Waals surface area (Å²) >= 11 is 2.64. The van der Waals surface area contributed by atoms with Crippen LogP contribution in [-0.2, 0) is 24.0 Å². The Morgan fingerprint density at radius 3 is 2.00 bits per heavy atom. The Bertz CT molecular complexity index is 1510. The Morgan fingerprint density at radius 2 is 1.44 bits per heavy atom. The Morgan fingerprint density at radius 1 is 0.889 bits per heavy atom. The second kappa shape index (κ2) is 10.8. The highest BCUT2D eigenvalue weighted by molar-refractivity contribution is 8.02. The monoisotopic (exact) mass is 659 g/mol. The van der Waals surface area contributed by atoms with Crippen LogP contribution in [0.25, 0.3) is 0 Å². The van der Waals surface area contributed by atoms with Crippen molar-refractivity contribution in [3.05, 3.63) is 35.9 Å². The van der Waals surface area contributed by atoms with E-state index < -0.39 is 92.1 Å². The van der Waals surface area contributed by atoms with Gasteiger partial charge in [0.05, 0.1) is 0 Å². The highest BCUT2D eigenvalue weighted by atomic mass is 32.2. The number of β-lactam (4-membered cyclic amide) rings is 2. The molecule has 5 fully saturated rings. The number of amides is 8. The number of benzene rings is 1. The van der Waals surface area contributed by atoms with Crippen LogP contribution in [0.3, 0.4) is 0 Å². The number of nitrogens with zero attached hydrogens (tertiary/aromatic N) is 3. The van der Waals surface area contributed by atoms with Gasteiger partial charge >= 0.3 is 18.0 Å². The zero-order valence-corrected chi connectivity index (χ0v) is 26.4. The second-order valence-electron chi connectivity index (χ2n) is 12.5. The van der Waals surface area contributed by atoms with Crippen molar-refractivity contribution in [2.45, 2.75) is 78.1 Å². The molecule has 5 aliphatic heterocycles. The number of aliphatic carboxylic acids is 1. The Hall–Kier alpha value is -3.99. The average molecular weight is 660 g/mol. The third kappa shape index (κ3) is 4.95. The zero-order chi connectivity index (χ0) is 32.6. The third-order valence-corrected chi connectivity index (χ3v) is 11.9. The summed E-state index contributed by atoms with van der Waals surface area (Å²) in [5.41, 5.74) is 0.445. The summed E-state index contributed by atoms with van der Waals surface area (Å²) in [7, 11) is 0. The van der Waals surface area contributed by atoms with E-state index in [9.17, 15) is 38.7 Å². The van der Waals surface area contributed by atoms with Crippen LogP contribution in [0.1, 0.15) is 39.3 Å². The van der Waals surface area contributed by atoms with Gasteiger partial charge < -0.3 is 36.2 Å². The van der Waals surface area contributed by atoms with Gasteiger partial charge in [-0.2, -0.15) is 0 Å². The average Bonchev–Trinajstić information content (AvgIpc) is 3.61. The number of hydrogen-bond acceptors (Lipinski definition) is 9. The molecule has 0 aromatic heterocycles. The van der Waals surface area contributed by atoms with Crippen LogP contribution in [0.15, 0.2) is 30.3 Å². The minimum atomic E-state index is -1.21. The van der Waals surface area contributed by atoms with E-state index in [4.69, 9.17) is 0 Å². The van der Waals surface area contributed by atoms with Crippen molar-refractivity contribution in [3.8, 4) is 0 Å². The van der Waals surface area contributed by atoms with E-state index >= 15 is 0 Å². The molecule has 5 heterocycles. The maximum Gasteiger partial charge on any atom is 0.327 e. The number of carbonyl (C=O) groups is 7. The smallest absolute Gasteiger partial charge is 0.327 e. The van der Waals surface area contributed by atoms with Crippen LogP contribution >= 0.6 is 23.5 Å². The van der Waals surface area contributed by atoms with Gasteiger partial charge in [-0.15, -0.1) is 23.5 Å². The van der Waals surface area contributed by atoms with Gasteiger partial charge in [-0.1, -0.05) is 30.3 Å². The van der Waals surface area contributed by atoms with Crippen molar-refractivity contribution in [2.75, 3.05) is 13.1 Å². The minimum absolute atomic E-state index is 0.142. The highest BCUT2D eigenvalue weighted by Crippen LogP contribution is 2.53. The number of rotatable bonds is 7. The van der Waals surface area contributed by atoms with Crippen LogP contribution < -0.4 is 21.3 Å². The van der Waals surface area contributed by atoms with Crippen LogP contribution in [0.2, 0.25) is 0 Å². The van der Waals surface area contributed by atoms with E-state index in [1.807, 2.05) is 0 Å². The summed E-state index contributed by atoms with van der Waals surface area (Å²) in [5.74, 6) is -3.29. The SMILES string of the molecule is CC1(C)S[C@@H]2[C@H](NC(=O)[C@@H]3N4C(=O)[C@@H](NC(=O)C(NC(=O)N5CCNC5=O)c5ccccc5)[C@H]4SC3(C)C)C(=O)N2[C@H]1C(=O)O. The molecule has 5 saturated heterocycles. The molecule has 0 bridgehead atoms. The van der Waals surface area contributed by atoms with Crippen molar-refractivity contribution in [1.29, 1.82) is 0 Å². The maximum atomic E-state index is 13.6. The predicted octanol–water partition coefficient (Wildman–Crippen LogP) is -0.359. The lowest BCUT2D eigenvalue weighted by Crippen LogP contribution is -2.74. The van der Waals surface area contributed by atoms with Crippen molar-refractivity contribution >= 4 is 65.2 Å². The molecule has 1 aromatic carbocycles. The van der Waals surface area contributed by atoms with Gasteiger partial charge in [0.1, 0.15) is 41.0 Å². The quantitative estimate of drug-likeness (QED) is 0.241. The predicted molar refractivity (Wildman–Crippen MR) is 162 cm³/mol. The third-order valence-electron chi connectivity index (χ3n) is 8.72. The molecule has 240 valence electrons. The number of hydrogen-bond donors (Lipinski definition) is 5. The summed E-state index contributed by atoms with van der Waals surface area (Å²) in [5, 5.41) is 19.2. The summed E-state index contributed by atoms with van der Waals surface area (Å²) in [6.45, 7) is 7.51. The molecule has 1 aromatic rings.